The molecule has 0 saturated carbocycles. The third kappa shape index (κ3) is 4.80. The topological polar surface area (TPSA) is 62.7 Å². The van der Waals surface area contributed by atoms with Crippen molar-refractivity contribution in [2.75, 3.05) is 26.2 Å². The number of hydrogen-bond donors (Lipinski definition) is 0. The Balaban J connectivity index is 1.57. The van der Waals surface area contributed by atoms with E-state index >= 15 is 0 Å². The molecule has 2 amide bonds. The highest BCUT2D eigenvalue weighted by molar-refractivity contribution is 5.90. The lowest BCUT2D eigenvalue weighted by molar-refractivity contribution is -0.152. The van der Waals surface area contributed by atoms with E-state index in [-0.39, 0.29) is 18.4 Å². The van der Waals surface area contributed by atoms with Crippen molar-refractivity contribution in [1.82, 2.24) is 14.8 Å². The molecule has 6 heteroatoms. The van der Waals surface area contributed by atoms with Gasteiger partial charge in [0.2, 0.25) is 5.91 Å². The van der Waals surface area contributed by atoms with Crippen molar-refractivity contribution in [3.05, 3.63) is 84.7 Å². The van der Waals surface area contributed by atoms with Crippen molar-refractivity contribution in [2.24, 2.45) is 0 Å². The molecule has 1 aliphatic rings. The summed E-state index contributed by atoms with van der Waals surface area (Å²) in [5.74, 6) is 0.444. The average molecular weight is 430 g/mol. The van der Waals surface area contributed by atoms with Gasteiger partial charge in [0.1, 0.15) is 11.8 Å². The summed E-state index contributed by atoms with van der Waals surface area (Å²) in [6.45, 7) is 3.54. The third-order valence-corrected chi connectivity index (χ3v) is 5.81. The summed E-state index contributed by atoms with van der Waals surface area (Å²) in [4.78, 5) is 34.0. The largest absolute Gasteiger partial charge is 0.484 e. The molecule has 6 nitrogen and oxygen atoms in total. The van der Waals surface area contributed by atoms with E-state index < -0.39 is 6.04 Å². The van der Waals surface area contributed by atoms with Gasteiger partial charge >= 0.3 is 0 Å². The van der Waals surface area contributed by atoms with Crippen molar-refractivity contribution in [3.8, 4) is 16.9 Å². The summed E-state index contributed by atoms with van der Waals surface area (Å²) in [6.07, 6.45) is 3.96. The molecule has 1 saturated heterocycles. The van der Waals surface area contributed by atoms with Crippen LogP contribution in [0.1, 0.15) is 12.5 Å². The summed E-state index contributed by atoms with van der Waals surface area (Å²) in [7, 11) is 0. The van der Waals surface area contributed by atoms with Crippen LogP contribution in [0.5, 0.6) is 5.75 Å². The number of hydrogen-bond acceptors (Lipinski definition) is 4. The Morgan fingerprint density at radius 2 is 1.72 bits per heavy atom. The maximum absolute atomic E-state index is 13.3. The molecule has 1 atom stereocenters. The minimum absolute atomic E-state index is 0.0173. The molecule has 3 aromatic rings. The lowest BCUT2D eigenvalue weighted by atomic mass is 9.93. The number of carbonyl (C=O) groups excluding carboxylic acids is 2. The standard InChI is InChI=1S/C26H27N3O3/c1-2-28-16-17-29(25(30)19-32-22-9-4-3-5-10-22)24(26(28)31)18-21-8-6-7-11-23(21)20-12-14-27-15-13-20/h3-15,24H,2,16-19H2,1H3/t24-/m1/s1. The Labute approximate surface area is 188 Å². The fraction of sp³-hybridized carbons (Fsp3) is 0.269. The maximum atomic E-state index is 13.3. The number of piperazine rings is 1. The van der Waals surface area contributed by atoms with Gasteiger partial charge in [0.15, 0.2) is 6.61 Å². The predicted molar refractivity (Wildman–Crippen MR) is 123 cm³/mol. The highest BCUT2D eigenvalue weighted by Crippen LogP contribution is 2.26. The number of rotatable bonds is 7. The van der Waals surface area contributed by atoms with Gasteiger partial charge in [0.25, 0.3) is 5.91 Å². The van der Waals surface area contributed by atoms with Gasteiger partial charge in [-0.15, -0.1) is 0 Å². The lowest BCUT2D eigenvalue weighted by Crippen LogP contribution is -2.60. The number of aromatic nitrogens is 1. The summed E-state index contributed by atoms with van der Waals surface area (Å²) >= 11 is 0. The second kappa shape index (κ2) is 10.1. The third-order valence-electron chi connectivity index (χ3n) is 5.81. The molecule has 2 aromatic carbocycles. The van der Waals surface area contributed by atoms with Gasteiger partial charge < -0.3 is 14.5 Å². The van der Waals surface area contributed by atoms with Crippen molar-refractivity contribution >= 4 is 11.8 Å². The van der Waals surface area contributed by atoms with E-state index in [1.807, 2.05) is 78.6 Å². The summed E-state index contributed by atoms with van der Waals surface area (Å²) < 4.78 is 5.68. The van der Waals surface area contributed by atoms with Gasteiger partial charge in [-0.1, -0.05) is 42.5 Å². The number of nitrogens with zero attached hydrogens (tertiary/aromatic N) is 3. The first-order chi connectivity index (χ1) is 15.7. The number of para-hydroxylation sites is 1. The SMILES string of the molecule is CCN1CCN(C(=O)COc2ccccc2)[C@H](Cc2ccccc2-c2ccncc2)C1=O. The molecule has 164 valence electrons. The second-order valence-corrected chi connectivity index (χ2v) is 7.72. The van der Waals surface area contributed by atoms with Gasteiger partial charge in [-0.05, 0) is 47.9 Å². The maximum Gasteiger partial charge on any atom is 0.261 e. The van der Waals surface area contributed by atoms with Crippen molar-refractivity contribution < 1.29 is 14.3 Å². The molecule has 0 N–H and O–H groups in total. The number of likely N-dealkylation sites (N-methyl/N-ethyl adjacent to an activating group) is 1. The first kappa shape index (κ1) is 21.6. The van der Waals surface area contributed by atoms with Crippen LogP contribution in [0.15, 0.2) is 79.1 Å². The minimum atomic E-state index is -0.557. The first-order valence-electron chi connectivity index (χ1n) is 10.9. The van der Waals surface area contributed by atoms with Crippen molar-refractivity contribution in [2.45, 2.75) is 19.4 Å². The molecule has 1 aliphatic heterocycles. The molecule has 0 unspecified atom stereocenters. The van der Waals surface area contributed by atoms with Crippen LogP contribution in [0, 0.1) is 0 Å². The number of ether oxygens (including phenoxy) is 1. The summed E-state index contributed by atoms with van der Waals surface area (Å²) in [5, 5.41) is 0. The van der Waals surface area contributed by atoms with Crippen LogP contribution < -0.4 is 4.74 Å². The molecule has 32 heavy (non-hydrogen) atoms. The van der Waals surface area contributed by atoms with Crippen LogP contribution in [0.4, 0.5) is 0 Å². The van der Waals surface area contributed by atoms with Crippen molar-refractivity contribution in [1.29, 1.82) is 0 Å². The van der Waals surface area contributed by atoms with Gasteiger partial charge in [0.05, 0.1) is 0 Å². The second-order valence-electron chi connectivity index (χ2n) is 7.72. The molecule has 0 spiro atoms. The number of amides is 2. The highest BCUT2D eigenvalue weighted by Gasteiger charge is 2.37. The van der Waals surface area contributed by atoms with Gasteiger partial charge in [-0.25, -0.2) is 0 Å². The Morgan fingerprint density at radius 1 is 1.00 bits per heavy atom. The number of pyridine rings is 1. The fourth-order valence-corrected chi connectivity index (χ4v) is 4.11. The molecular formula is C26H27N3O3. The van der Waals surface area contributed by atoms with Crippen molar-refractivity contribution in [3.63, 3.8) is 0 Å². The molecule has 0 radical (unpaired) electrons. The Hall–Kier alpha value is -3.67. The molecule has 0 aliphatic carbocycles. The first-order valence-corrected chi connectivity index (χ1v) is 10.9. The normalized spacial score (nSPS) is 16.2. The van der Waals surface area contributed by atoms with E-state index in [1.165, 1.54) is 0 Å². The molecule has 2 heterocycles. The van der Waals surface area contributed by atoms with E-state index in [9.17, 15) is 9.59 Å². The average Bonchev–Trinajstić information content (AvgIpc) is 2.85. The monoisotopic (exact) mass is 429 g/mol. The quantitative estimate of drug-likeness (QED) is 0.577. The zero-order valence-electron chi connectivity index (χ0n) is 18.2. The van der Waals surface area contributed by atoms with Crippen LogP contribution in [0.25, 0.3) is 11.1 Å². The van der Waals surface area contributed by atoms with Crippen LogP contribution in [-0.4, -0.2) is 58.9 Å². The van der Waals surface area contributed by atoms with Crippen LogP contribution in [0.2, 0.25) is 0 Å². The zero-order valence-corrected chi connectivity index (χ0v) is 18.2. The van der Waals surface area contributed by atoms with Gasteiger partial charge in [-0.2, -0.15) is 0 Å². The van der Waals surface area contributed by atoms with Gasteiger partial charge in [-0.3, -0.25) is 14.6 Å². The van der Waals surface area contributed by atoms with Crippen LogP contribution >= 0.6 is 0 Å². The zero-order chi connectivity index (χ0) is 22.3. The molecule has 1 fully saturated rings. The molecule has 0 bridgehead atoms. The van der Waals surface area contributed by atoms with E-state index in [0.29, 0.717) is 31.8 Å². The smallest absolute Gasteiger partial charge is 0.261 e. The Bertz CT molecular complexity index is 1060. The minimum Gasteiger partial charge on any atom is -0.484 e. The summed E-state index contributed by atoms with van der Waals surface area (Å²) in [5.41, 5.74) is 3.11. The number of benzene rings is 2. The van der Waals surface area contributed by atoms with Crippen LogP contribution in [-0.2, 0) is 16.0 Å². The van der Waals surface area contributed by atoms with E-state index in [4.69, 9.17) is 4.74 Å². The number of carbonyl (C=O) groups is 2. The molecule has 1 aromatic heterocycles. The van der Waals surface area contributed by atoms with E-state index in [0.717, 1.165) is 16.7 Å². The van der Waals surface area contributed by atoms with E-state index in [2.05, 4.69) is 4.98 Å². The highest BCUT2D eigenvalue weighted by atomic mass is 16.5. The van der Waals surface area contributed by atoms with Crippen LogP contribution in [0.3, 0.4) is 0 Å². The predicted octanol–water partition coefficient (Wildman–Crippen LogP) is 3.43. The van der Waals surface area contributed by atoms with E-state index in [1.54, 1.807) is 17.3 Å². The Morgan fingerprint density at radius 3 is 2.47 bits per heavy atom. The fourth-order valence-electron chi connectivity index (χ4n) is 4.11. The molecular weight excluding hydrogens is 402 g/mol. The van der Waals surface area contributed by atoms with Gasteiger partial charge in [0, 0.05) is 38.4 Å². The molecule has 4 rings (SSSR count). The summed E-state index contributed by atoms with van der Waals surface area (Å²) in [6, 6.07) is 20.6. The lowest BCUT2D eigenvalue weighted by Gasteiger charge is -2.40. The Kier molecular flexibility index (Phi) is 6.80.